The van der Waals surface area contributed by atoms with Gasteiger partial charge in [-0.25, -0.2) is 4.79 Å². The second-order valence-corrected chi connectivity index (χ2v) is 6.36. The van der Waals surface area contributed by atoms with Gasteiger partial charge >= 0.3 is 6.09 Å². The fourth-order valence-corrected chi connectivity index (χ4v) is 2.95. The maximum absolute atomic E-state index is 12.0. The van der Waals surface area contributed by atoms with Crippen LogP contribution < -0.4 is 9.46 Å². The molecule has 122 valence electrons. The van der Waals surface area contributed by atoms with Gasteiger partial charge in [-0.05, 0) is 67.5 Å². The summed E-state index contributed by atoms with van der Waals surface area (Å²) in [5.74, 6) is 0.628. The van der Waals surface area contributed by atoms with Crippen molar-refractivity contribution >= 4 is 18.0 Å². The molecule has 0 aromatic heterocycles. The van der Waals surface area contributed by atoms with Gasteiger partial charge in [-0.1, -0.05) is 43.7 Å². The number of rotatable bonds is 5. The molecule has 0 bridgehead atoms. The SMILES string of the molecule is CCc1ccc(OC(=O)NSc2ccc(C)cc2C)c(CC)c1. The van der Waals surface area contributed by atoms with Gasteiger partial charge in [0.1, 0.15) is 5.75 Å². The van der Waals surface area contributed by atoms with Gasteiger partial charge in [0, 0.05) is 4.90 Å². The van der Waals surface area contributed by atoms with Crippen LogP contribution in [-0.2, 0) is 12.8 Å². The Morgan fingerprint density at radius 1 is 1.09 bits per heavy atom. The van der Waals surface area contributed by atoms with Gasteiger partial charge in [0.25, 0.3) is 0 Å². The quantitative estimate of drug-likeness (QED) is 0.764. The molecule has 0 aliphatic heterocycles. The van der Waals surface area contributed by atoms with E-state index in [1.807, 2.05) is 31.2 Å². The number of hydrogen-bond acceptors (Lipinski definition) is 3. The second kappa shape index (κ2) is 8.06. The van der Waals surface area contributed by atoms with Crippen LogP contribution in [0, 0.1) is 13.8 Å². The van der Waals surface area contributed by atoms with E-state index in [-0.39, 0.29) is 0 Å². The summed E-state index contributed by atoms with van der Waals surface area (Å²) in [4.78, 5) is 13.1. The third-order valence-corrected chi connectivity index (χ3v) is 4.64. The number of carbonyl (C=O) groups is 1. The van der Waals surface area contributed by atoms with E-state index in [2.05, 4.69) is 37.6 Å². The average molecular weight is 329 g/mol. The first-order valence-electron chi connectivity index (χ1n) is 7.87. The number of nitrogens with one attached hydrogen (secondary N) is 1. The summed E-state index contributed by atoms with van der Waals surface area (Å²) in [6.45, 7) is 8.25. The molecule has 2 rings (SSSR count). The van der Waals surface area contributed by atoms with Crippen LogP contribution in [0.25, 0.3) is 0 Å². The molecule has 0 fully saturated rings. The maximum atomic E-state index is 12.0. The molecule has 2 aromatic rings. The minimum Gasteiger partial charge on any atom is -0.409 e. The Balaban J connectivity index is 1.99. The Labute approximate surface area is 142 Å². The number of aryl methyl sites for hydroxylation is 4. The summed E-state index contributed by atoms with van der Waals surface area (Å²) >= 11 is 1.28. The fraction of sp³-hybridized carbons (Fsp3) is 0.316. The Bertz CT molecular complexity index is 698. The van der Waals surface area contributed by atoms with Crippen LogP contribution in [0.4, 0.5) is 4.79 Å². The van der Waals surface area contributed by atoms with Crippen molar-refractivity contribution in [2.75, 3.05) is 0 Å². The smallest absolute Gasteiger partial charge is 0.409 e. The molecule has 0 unspecified atom stereocenters. The largest absolute Gasteiger partial charge is 0.422 e. The first-order chi connectivity index (χ1) is 11.0. The molecular formula is C19H23NO2S. The van der Waals surface area contributed by atoms with Gasteiger partial charge in [0.05, 0.1) is 0 Å². The van der Waals surface area contributed by atoms with Crippen molar-refractivity contribution in [1.29, 1.82) is 0 Å². The van der Waals surface area contributed by atoms with Crippen LogP contribution in [0.1, 0.15) is 36.1 Å². The Morgan fingerprint density at radius 3 is 2.52 bits per heavy atom. The van der Waals surface area contributed by atoms with Gasteiger partial charge in [0.15, 0.2) is 0 Å². The first kappa shape index (κ1) is 17.4. The van der Waals surface area contributed by atoms with Crippen LogP contribution in [0.2, 0.25) is 0 Å². The first-order valence-corrected chi connectivity index (χ1v) is 8.68. The lowest BCUT2D eigenvalue weighted by Gasteiger charge is -2.11. The van der Waals surface area contributed by atoms with Crippen LogP contribution in [0.3, 0.4) is 0 Å². The van der Waals surface area contributed by atoms with E-state index in [9.17, 15) is 4.79 Å². The van der Waals surface area contributed by atoms with E-state index in [4.69, 9.17) is 4.74 Å². The molecule has 0 atom stereocenters. The molecule has 23 heavy (non-hydrogen) atoms. The van der Waals surface area contributed by atoms with Crippen LogP contribution in [0.5, 0.6) is 5.75 Å². The number of ether oxygens (including phenoxy) is 1. The van der Waals surface area contributed by atoms with E-state index in [0.717, 1.165) is 28.9 Å². The molecule has 3 nitrogen and oxygen atoms in total. The Morgan fingerprint density at radius 2 is 1.87 bits per heavy atom. The van der Waals surface area contributed by atoms with E-state index in [0.29, 0.717) is 5.75 Å². The predicted molar refractivity (Wildman–Crippen MR) is 96.1 cm³/mol. The Hall–Kier alpha value is -1.94. The standard InChI is InChI=1S/C19H23NO2S/c1-5-15-8-9-17(16(6-2)12-15)22-19(21)20-23-18-10-7-13(3)11-14(18)4/h7-12H,5-6H2,1-4H3,(H,20,21). The van der Waals surface area contributed by atoms with E-state index in [1.165, 1.54) is 23.1 Å². The summed E-state index contributed by atoms with van der Waals surface area (Å²) in [7, 11) is 0. The number of hydrogen-bond donors (Lipinski definition) is 1. The van der Waals surface area contributed by atoms with Gasteiger partial charge in [-0.15, -0.1) is 0 Å². The lowest BCUT2D eigenvalue weighted by Crippen LogP contribution is -2.21. The number of amides is 1. The van der Waals surface area contributed by atoms with Crippen LogP contribution in [0.15, 0.2) is 41.3 Å². The van der Waals surface area contributed by atoms with Crippen molar-refractivity contribution in [2.24, 2.45) is 0 Å². The molecule has 0 spiro atoms. The Kier molecular flexibility index (Phi) is 6.11. The summed E-state index contributed by atoms with van der Waals surface area (Å²) < 4.78 is 8.19. The predicted octanol–water partition coefficient (Wildman–Crippen LogP) is 5.22. The van der Waals surface area contributed by atoms with Gasteiger partial charge < -0.3 is 4.74 Å². The van der Waals surface area contributed by atoms with E-state index in [1.54, 1.807) is 0 Å². The average Bonchev–Trinajstić information content (AvgIpc) is 2.54. The van der Waals surface area contributed by atoms with Crippen molar-refractivity contribution in [1.82, 2.24) is 4.72 Å². The number of benzene rings is 2. The molecule has 0 heterocycles. The van der Waals surface area contributed by atoms with Crippen LogP contribution >= 0.6 is 11.9 Å². The zero-order chi connectivity index (χ0) is 16.8. The highest BCUT2D eigenvalue weighted by atomic mass is 32.2. The van der Waals surface area contributed by atoms with Crippen molar-refractivity contribution in [3.63, 3.8) is 0 Å². The van der Waals surface area contributed by atoms with Gasteiger partial charge in [-0.2, -0.15) is 0 Å². The van der Waals surface area contributed by atoms with Crippen molar-refractivity contribution < 1.29 is 9.53 Å². The highest BCUT2D eigenvalue weighted by Crippen LogP contribution is 2.23. The van der Waals surface area contributed by atoms with Crippen LogP contribution in [-0.4, -0.2) is 6.09 Å². The fourth-order valence-electron chi connectivity index (χ4n) is 2.36. The summed E-state index contributed by atoms with van der Waals surface area (Å²) in [5.41, 5.74) is 4.64. The zero-order valence-electron chi connectivity index (χ0n) is 14.1. The molecule has 0 aliphatic rings. The second-order valence-electron chi connectivity index (χ2n) is 5.51. The molecule has 0 saturated carbocycles. The zero-order valence-corrected chi connectivity index (χ0v) is 14.9. The molecule has 1 amide bonds. The molecule has 1 N–H and O–H groups in total. The lowest BCUT2D eigenvalue weighted by atomic mass is 10.1. The van der Waals surface area contributed by atoms with Crippen molar-refractivity contribution in [3.8, 4) is 5.75 Å². The van der Waals surface area contributed by atoms with Gasteiger partial charge in [0.2, 0.25) is 0 Å². The monoisotopic (exact) mass is 329 g/mol. The molecular weight excluding hydrogens is 306 g/mol. The highest BCUT2D eigenvalue weighted by Gasteiger charge is 2.10. The van der Waals surface area contributed by atoms with E-state index < -0.39 is 6.09 Å². The number of carbonyl (C=O) groups excluding carboxylic acids is 1. The molecule has 0 radical (unpaired) electrons. The topological polar surface area (TPSA) is 38.3 Å². The summed E-state index contributed by atoms with van der Waals surface area (Å²) in [5, 5.41) is 0. The molecule has 4 heteroatoms. The summed E-state index contributed by atoms with van der Waals surface area (Å²) in [6.07, 6.45) is 1.36. The molecule has 0 saturated heterocycles. The minimum atomic E-state index is -0.450. The van der Waals surface area contributed by atoms with Gasteiger partial charge in [-0.3, -0.25) is 4.72 Å². The maximum Gasteiger partial charge on any atom is 0.422 e. The lowest BCUT2D eigenvalue weighted by molar-refractivity contribution is 0.207. The molecule has 0 aliphatic carbocycles. The molecule has 2 aromatic carbocycles. The normalized spacial score (nSPS) is 10.4. The highest BCUT2D eigenvalue weighted by molar-refractivity contribution is 7.98. The third-order valence-electron chi connectivity index (χ3n) is 3.69. The van der Waals surface area contributed by atoms with Crippen molar-refractivity contribution in [3.05, 3.63) is 58.7 Å². The third kappa shape index (κ3) is 4.76. The summed E-state index contributed by atoms with van der Waals surface area (Å²) in [6, 6.07) is 12.1. The van der Waals surface area contributed by atoms with Crippen molar-refractivity contribution in [2.45, 2.75) is 45.4 Å². The minimum absolute atomic E-state index is 0.450. The van der Waals surface area contributed by atoms with E-state index >= 15 is 0 Å².